The second-order valence-electron chi connectivity index (χ2n) is 5.05. The summed E-state index contributed by atoms with van der Waals surface area (Å²) in [4.78, 5) is 13.0. The van der Waals surface area contributed by atoms with Crippen molar-refractivity contribution in [3.8, 4) is 0 Å². The molecule has 2 aromatic carbocycles. The van der Waals surface area contributed by atoms with Gasteiger partial charge in [-0.3, -0.25) is 0 Å². The number of aryl methyl sites for hydroxylation is 1. The van der Waals surface area contributed by atoms with Crippen LogP contribution >= 0.6 is 11.8 Å². The summed E-state index contributed by atoms with van der Waals surface area (Å²) >= 11 is 1.81. The summed E-state index contributed by atoms with van der Waals surface area (Å²) in [5.74, 6) is 1.00. The summed E-state index contributed by atoms with van der Waals surface area (Å²) in [6, 6.07) is 18.3. The van der Waals surface area contributed by atoms with Crippen LogP contribution in [0.25, 0.3) is 0 Å². The molecule has 0 spiro atoms. The molecule has 0 bridgehead atoms. The maximum atomic E-state index is 11.7. The SMILES string of the molecule is Cc1ccccc1CNC(=O)NCCCSc1ccccc1. The third-order valence-corrected chi connectivity index (χ3v) is 4.42. The average molecular weight is 314 g/mol. The van der Waals surface area contributed by atoms with E-state index in [1.54, 1.807) is 0 Å². The molecule has 0 unspecified atom stereocenters. The van der Waals surface area contributed by atoms with Crippen molar-refractivity contribution >= 4 is 17.8 Å². The van der Waals surface area contributed by atoms with Gasteiger partial charge >= 0.3 is 6.03 Å². The van der Waals surface area contributed by atoms with Gasteiger partial charge in [0.05, 0.1) is 0 Å². The highest BCUT2D eigenvalue weighted by molar-refractivity contribution is 7.99. The molecule has 0 fully saturated rings. The summed E-state index contributed by atoms with van der Waals surface area (Å²) in [7, 11) is 0. The van der Waals surface area contributed by atoms with Crippen molar-refractivity contribution in [3.63, 3.8) is 0 Å². The molecule has 22 heavy (non-hydrogen) atoms. The Morgan fingerprint density at radius 1 is 1.00 bits per heavy atom. The van der Waals surface area contributed by atoms with Gasteiger partial charge in [-0.1, -0.05) is 42.5 Å². The molecule has 2 rings (SSSR count). The van der Waals surface area contributed by atoms with Crippen molar-refractivity contribution < 1.29 is 4.79 Å². The van der Waals surface area contributed by atoms with Crippen molar-refractivity contribution in [2.45, 2.75) is 24.8 Å². The molecule has 0 aliphatic rings. The number of benzene rings is 2. The van der Waals surface area contributed by atoms with Gasteiger partial charge in [-0.05, 0) is 42.4 Å². The average Bonchev–Trinajstić information content (AvgIpc) is 2.55. The van der Waals surface area contributed by atoms with Gasteiger partial charge < -0.3 is 10.6 Å². The number of rotatable bonds is 7. The van der Waals surface area contributed by atoms with Gasteiger partial charge in [0, 0.05) is 18.0 Å². The van der Waals surface area contributed by atoms with Gasteiger partial charge in [0.1, 0.15) is 0 Å². The Morgan fingerprint density at radius 3 is 2.50 bits per heavy atom. The van der Waals surface area contributed by atoms with Gasteiger partial charge in [0.25, 0.3) is 0 Å². The van der Waals surface area contributed by atoms with Gasteiger partial charge in [-0.15, -0.1) is 11.8 Å². The Hall–Kier alpha value is -1.94. The van der Waals surface area contributed by atoms with Crippen LogP contribution in [0.1, 0.15) is 17.5 Å². The minimum Gasteiger partial charge on any atom is -0.338 e. The maximum Gasteiger partial charge on any atom is 0.315 e. The molecular weight excluding hydrogens is 292 g/mol. The van der Waals surface area contributed by atoms with E-state index in [1.165, 1.54) is 10.5 Å². The summed E-state index contributed by atoms with van der Waals surface area (Å²) in [6.45, 7) is 3.31. The third-order valence-electron chi connectivity index (χ3n) is 3.32. The Kier molecular flexibility index (Phi) is 6.84. The minimum atomic E-state index is -0.104. The normalized spacial score (nSPS) is 10.2. The lowest BCUT2D eigenvalue weighted by molar-refractivity contribution is 0.240. The van der Waals surface area contributed by atoms with Crippen LogP contribution in [0.15, 0.2) is 59.5 Å². The number of carbonyl (C=O) groups excluding carboxylic acids is 1. The number of hydrogen-bond donors (Lipinski definition) is 2. The zero-order valence-corrected chi connectivity index (χ0v) is 13.7. The van der Waals surface area contributed by atoms with E-state index in [-0.39, 0.29) is 6.03 Å². The van der Waals surface area contributed by atoms with Crippen LogP contribution in [0, 0.1) is 6.92 Å². The molecule has 0 saturated heterocycles. The molecule has 0 heterocycles. The number of carbonyl (C=O) groups is 1. The van der Waals surface area contributed by atoms with E-state index in [4.69, 9.17) is 0 Å². The van der Waals surface area contributed by atoms with Crippen LogP contribution in [-0.4, -0.2) is 18.3 Å². The third kappa shape index (κ3) is 5.82. The number of amides is 2. The number of urea groups is 1. The number of thioether (sulfide) groups is 1. The first-order valence-electron chi connectivity index (χ1n) is 7.50. The van der Waals surface area contributed by atoms with Crippen LogP contribution < -0.4 is 10.6 Å². The minimum absolute atomic E-state index is 0.104. The molecule has 3 nitrogen and oxygen atoms in total. The highest BCUT2D eigenvalue weighted by atomic mass is 32.2. The second kappa shape index (κ2) is 9.15. The number of nitrogens with one attached hydrogen (secondary N) is 2. The maximum absolute atomic E-state index is 11.7. The largest absolute Gasteiger partial charge is 0.338 e. The van der Waals surface area contributed by atoms with Crippen LogP contribution in [0.2, 0.25) is 0 Å². The molecule has 2 amide bonds. The topological polar surface area (TPSA) is 41.1 Å². The monoisotopic (exact) mass is 314 g/mol. The zero-order valence-electron chi connectivity index (χ0n) is 12.8. The first-order valence-corrected chi connectivity index (χ1v) is 8.48. The van der Waals surface area contributed by atoms with Crippen LogP contribution in [0.3, 0.4) is 0 Å². The van der Waals surface area contributed by atoms with E-state index in [0.717, 1.165) is 17.7 Å². The lowest BCUT2D eigenvalue weighted by Crippen LogP contribution is -2.35. The predicted octanol–water partition coefficient (Wildman–Crippen LogP) is 3.98. The Labute approximate surface area is 136 Å². The predicted molar refractivity (Wildman–Crippen MR) is 93.2 cm³/mol. The molecule has 0 atom stereocenters. The zero-order chi connectivity index (χ0) is 15.6. The quantitative estimate of drug-likeness (QED) is 0.599. The summed E-state index contributed by atoms with van der Waals surface area (Å²) in [5, 5.41) is 5.79. The van der Waals surface area contributed by atoms with E-state index < -0.39 is 0 Å². The van der Waals surface area contributed by atoms with Crippen LogP contribution in [0.5, 0.6) is 0 Å². The molecule has 2 N–H and O–H groups in total. The number of hydrogen-bond acceptors (Lipinski definition) is 2. The van der Waals surface area contributed by atoms with E-state index in [2.05, 4.69) is 35.8 Å². The van der Waals surface area contributed by atoms with Gasteiger partial charge in [0.15, 0.2) is 0 Å². The second-order valence-corrected chi connectivity index (χ2v) is 6.22. The smallest absolute Gasteiger partial charge is 0.315 e. The van der Waals surface area contributed by atoms with Gasteiger partial charge in [-0.2, -0.15) is 0 Å². The van der Waals surface area contributed by atoms with Crippen LogP contribution in [0.4, 0.5) is 4.79 Å². The van der Waals surface area contributed by atoms with E-state index in [0.29, 0.717) is 13.1 Å². The molecule has 0 aliphatic heterocycles. The first-order chi connectivity index (χ1) is 10.8. The Balaban J connectivity index is 1.57. The Morgan fingerprint density at radius 2 is 1.73 bits per heavy atom. The van der Waals surface area contributed by atoms with Crippen molar-refractivity contribution in [1.82, 2.24) is 10.6 Å². The fourth-order valence-corrected chi connectivity index (χ4v) is 2.90. The molecule has 0 aliphatic carbocycles. The lowest BCUT2D eigenvalue weighted by atomic mass is 10.1. The standard InChI is InChI=1S/C18H22N2OS/c1-15-8-5-6-9-16(15)14-20-18(21)19-12-7-13-22-17-10-3-2-4-11-17/h2-6,8-11H,7,12-14H2,1H3,(H2,19,20,21). The van der Waals surface area contributed by atoms with Crippen molar-refractivity contribution in [2.24, 2.45) is 0 Å². The summed E-state index contributed by atoms with van der Waals surface area (Å²) in [6.07, 6.45) is 0.956. The van der Waals surface area contributed by atoms with E-state index >= 15 is 0 Å². The van der Waals surface area contributed by atoms with Crippen molar-refractivity contribution in [2.75, 3.05) is 12.3 Å². The molecule has 0 radical (unpaired) electrons. The highest BCUT2D eigenvalue weighted by Crippen LogP contribution is 2.17. The van der Waals surface area contributed by atoms with Gasteiger partial charge in [0.2, 0.25) is 0 Å². The van der Waals surface area contributed by atoms with Crippen molar-refractivity contribution in [3.05, 3.63) is 65.7 Å². The fourth-order valence-electron chi connectivity index (χ4n) is 2.03. The molecular formula is C18H22N2OS. The molecule has 4 heteroatoms. The highest BCUT2D eigenvalue weighted by Gasteiger charge is 2.01. The lowest BCUT2D eigenvalue weighted by Gasteiger charge is -2.09. The summed E-state index contributed by atoms with van der Waals surface area (Å²) < 4.78 is 0. The van der Waals surface area contributed by atoms with Gasteiger partial charge in [-0.25, -0.2) is 4.79 Å². The molecule has 2 aromatic rings. The van der Waals surface area contributed by atoms with E-state index in [1.807, 2.05) is 48.2 Å². The molecule has 0 saturated carbocycles. The van der Waals surface area contributed by atoms with Crippen LogP contribution in [-0.2, 0) is 6.54 Å². The first kappa shape index (κ1) is 16.4. The van der Waals surface area contributed by atoms with Crippen molar-refractivity contribution in [1.29, 1.82) is 0 Å². The molecule has 0 aromatic heterocycles. The fraction of sp³-hybridized carbons (Fsp3) is 0.278. The van der Waals surface area contributed by atoms with E-state index in [9.17, 15) is 4.79 Å². The Bertz CT molecular complexity index is 587. The molecule has 116 valence electrons. The summed E-state index contributed by atoms with van der Waals surface area (Å²) in [5.41, 5.74) is 2.35.